The molecule has 0 saturated heterocycles. The highest BCUT2D eigenvalue weighted by Gasteiger charge is 2.04. The van der Waals surface area contributed by atoms with E-state index in [0.717, 1.165) is 11.3 Å². The third-order valence-corrected chi connectivity index (χ3v) is 4.14. The molecule has 6 heteroatoms. The van der Waals surface area contributed by atoms with E-state index >= 15 is 0 Å². The maximum absolute atomic E-state index is 11.9. The molecule has 0 aliphatic carbocycles. The van der Waals surface area contributed by atoms with Crippen LogP contribution in [-0.4, -0.2) is 17.6 Å². The van der Waals surface area contributed by atoms with Crippen LogP contribution in [0, 0.1) is 0 Å². The summed E-state index contributed by atoms with van der Waals surface area (Å²) < 4.78 is 0. The van der Waals surface area contributed by atoms with Gasteiger partial charge in [0.05, 0.1) is 5.75 Å². The van der Waals surface area contributed by atoms with Gasteiger partial charge in [0.1, 0.15) is 0 Å². The number of rotatable bonds is 6. The molecule has 0 heterocycles. The van der Waals surface area contributed by atoms with E-state index in [1.165, 1.54) is 18.7 Å². The second-order valence-corrected chi connectivity index (χ2v) is 6.35. The number of hydrogen-bond acceptors (Lipinski definition) is 3. The van der Waals surface area contributed by atoms with Crippen molar-refractivity contribution in [1.82, 2.24) is 0 Å². The summed E-state index contributed by atoms with van der Waals surface area (Å²) in [7, 11) is 0. The fraction of sp³-hybridized carbons (Fsp3) is 0.176. The van der Waals surface area contributed by atoms with E-state index in [9.17, 15) is 9.59 Å². The average molecular weight is 349 g/mol. The highest BCUT2D eigenvalue weighted by molar-refractivity contribution is 7.99. The van der Waals surface area contributed by atoms with Gasteiger partial charge in [-0.25, -0.2) is 0 Å². The molecular weight excluding hydrogens is 332 g/mol. The molecule has 4 nitrogen and oxygen atoms in total. The predicted molar refractivity (Wildman–Crippen MR) is 97.0 cm³/mol. The Bertz CT molecular complexity index is 689. The van der Waals surface area contributed by atoms with Crippen LogP contribution in [0.2, 0.25) is 5.02 Å². The normalized spacial score (nSPS) is 10.2. The third-order valence-electron chi connectivity index (χ3n) is 2.88. The van der Waals surface area contributed by atoms with Crippen LogP contribution in [0.15, 0.2) is 48.5 Å². The summed E-state index contributed by atoms with van der Waals surface area (Å²) in [5.41, 5.74) is 2.44. The van der Waals surface area contributed by atoms with Crippen LogP contribution in [0.1, 0.15) is 12.5 Å². The van der Waals surface area contributed by atoms with Crippen molar-refractivity contribution in [3.63, 3.8) is 0 Å². The zero-order valence-corrected chi connectivity index (χ0v) is 14.2. The Hall–Kier alpha value is -1.98. The summed E-state index contributed by atoms with van der Waals surface area (Å²) in [5, 5.41) is 6.20. The van der Waals surface area contributed by atoms with Crippen LogP contribution in [0.4, 0.5) is 11.4 Å². The largest absolute Gasteiger partial charge is 0.326 e. The van der Waals surface area contributed by atoms with Gasteiger partial charge in [0.2, 0.25) is 11.8 Å². The van der Waals surface area contributed by atoms with Crippen LogP contribution >= 0.6 is 23.4 Å². The minimum atomic E-state index is -0.146. The maximum Gasteiger partial charge on any atom is 0.234 e. The van der Waals surface area contributed by atoms with Crippen molar-refractivity contribution in [3.8, 4) is 0 Å². The van der Waals surface area contributed by atoms with E-state index in [1.54, 1.807) is 24.3 Å². The van der Waals surface area contributed by atoms with Crippen LogP contribution in [0.5, 0.6) is 0 Å². The predicted octanol–water partition coefficient (Wildman–Crippen LogP) is 4.17. The Morgan fingerprint density at radius 2 is 1.70 bits per heavy atom. The molecule has 0 atom stereocenters. The molecule has 0 fully saturated rings. The summed E-state index contributed by atoms with van der Waals surface area (Å²) in [6, 6.07) is 14.6. The highest BCUT2D eigenvalue weighted by atomic mass is 35.5. The maximum atomic E-state index is 11.9. The zero-order chi connectivity index (χ0) is 16.7. The Balaban J connectivity index is 1.80. The molecule has 0 bridgehead atoms. The number of hydrogen-bond donors (Lipinski definition) is 2. The number of carbonyl (C=O) groups excluding carboxylic acids is 2. The molecular formula is C17H17ClN2O2S. The second kappa shape index (κ2) is 8.60. The molecule has 2 aromatic carbocycles. The number of nitrogens with one attached hydrogen (secondary N) is 2. The Morgan fingerprint density at radius 1 is 1.04 bits per heavy atom. The lowest BCUT2D eigenvalue weighted by atomic mass is 10.2. The van der Waals surface area contributed by atoms with Gasteiger partial charge in [-0.1, -0.05) is 29.8 Å². The first-order chi connectivity index (χ1) is 11.0. The second-order valence-electron chi connectivity index (χ2n) is 4.93. The summed E-state index contributed by atoms with van der Waals surface area (Å²) in [4.78, 5) is 23.0. The molecule has 0 unspecified atom stereocenters. The van der Waals surface area contributed by atoms with Gasteiger partial charge in [-0.15, -0.1) is 11.8 Å². The van der Waals surface area contributed by atoms with Crippen molar-refractivity contribution in [1.29, 1.82) is 0 Å². The molecule has 0 saturated carbocycles. The zero-order valence-electron chi connectivity index (χ0n) is 12.6. The first kappa shape index (κ1) is 17.4. The van der Waals surface area contributed by atoms with Gasteiger partial charge in [0.25, 0.3) is 0 Å². The van der Waals surface area contributed by atoms with E-state index in [2.05, 4.69) is 10.6 Å². The fourth-order valence-electron chi connectivity index (χ4n) is 1.92. The first-order valence-electron chi connectivity index (χ1n) is 7.02. The quantitative estimate of drug-likeness (QED) is 0.823. The lowest BCUT2D eigenvalue weighted by molar-refractivity contribution is -0.114. The van der Waals surface area contributed by atoms with Crippen LogP contribution < -0.4 is 10.6 Å². The van der Waals surface area contributed by atoms with Crippen molar-refractivity contribution in [2.24, 2.45) is 0 Å². The lowest BCUT2D eigenvalue weighted by Crippen LogP contribution is -2.14. The molecule has 120 valence electrons. The molecule has 0 aliphatic rings. The summed E-state index contributed by atoms with van der Waals surface area (Å²) in [5.74, 6) is 0.875. The SMILES string of the molecule is CC(=O)Nc1cccc(NC(=O)CSCc2ccc(Cl)cc2)c1. The topological polar surface area (TPSA) is 58.2 Å². The van der Waals surface area contributed by atoms with Gasteiger partial charge in [-0.2, -0.15) is 0 Å². The van der Waals surface area contributed by atoms with Gasteiger partial charge in [0, 0.05) is 29.1 Å². The van der Waals surface area contributed by atoms with Crippen LogP contribution in [0.25, 0.3) is 0 Å². The molecule has 2 N–H and O–H groups in total. The van der Waals surface area contributed by atoms with Crippen LogP contribution in [0.3, 0.4) is 0 Å². The van der Waals surface area contributed by atoms with E-state index in [4.69, 9.17) is 11.6 Å². The number of carbonyl (C=O) groups is 2. The van der Waals surface area contributed by atoms with Crippen molar-refractivity contribution >= 4 is 46.6 Å². The summed E-state index contributed by atoms with van der Waals surface area (Å²) >= 11 is 7.36. The molecule has 0 aromatic heterocycles. The van der Waals surface area contributed by atoms with Crippen molar-refractivity contribution < 1.29 is 9.59 Å². The Kier molecular flexibility index (Phi) is 6.50. The minimum absolute atomic E-state index is 0.0797. The van der Waals surface area contributed by atoms with Gasteiger partial charge in [-0.05, 0) is 35.9 Å². The first-order valence-corrected chi connectivity index (χ1v) is 8.56. The highest BCUT2D eigenvalue weighted by Crippen LogP contribution is 2.17. The average Bonchev–Trinajstić information content (AvgIpc) is 2.49. The molecule has 0 spiro atoms. The molecule has 0 radical (unpaired) electrons. The van der Waals surface area contributed by atoms with Gasteiger partial charge in [-0.3, -0.25) is 9.59 Å². The molecule has 2 amide bonds. The number of thioether (sulfide) groups is 1. The number of amides is 2. The van der Waals surface area contributed by atoms with Gasteiger partial charge in [0.15, 0.2) is 0 Å². The van der Waals surface area contributed by atoms with E-state index < -0.39 is 0 Å². The molecule has 2 rings (SSSR count). The van der Waals surface area contributed by atoms with Crippen molar-refractivity contribution in [2.45, 2.75) is 12.7 Å². The Labute approximate surface area is 144 Å². The van der Waals surface area contributed by atoms with Crippen LogP contribution in [-0.2, 0) is 15.3 Å². The summed E-state index contributed by atoms with van der Waals surface area (Å²) in [6.45, 7) is 1.44. The lowest BCUT2D eigenvalue weighted by Gasteiger charge is -2.08. The van der Waals surface area contributed by atoms with Gasteiger partial charge >= 0.3 is 0 Å². The van der Waals surface area contributed by atoms with E-state index in [1.807, 2.05) is 24.3 Å². The van der Waals surface area contributed by atoms with E-state index in [-0.39, 0.29) is 11.8 Å². The van der Waals surface area contributed by atoms with E-state index in [0.29, 0.717) is 22.2 Å². The number of anilines is 2. The molecule has 0 aliphatic heterocycles. The number of halogens is 1. The van der Waals surface area contributed by atoms with Crippen molar-refractivity contribution in [3.05, 3.63) is 59.1 Å². The fourth-order valence-corrected chi connectivity index (χ4v) is 2.83. The molecule has 2 aromatic rings. The third kappa shape index (κ3) is 6.34. The minimum Gasteiger partial charge on any atom is -0.326 e. The monoisotopic (exact) mass is 348 g/mol. The van der Waals surface area contributed by atoms with Crippen molar-refractivity contribution in [2.75, 3.05) is 16.4 Å². The standard InChI is InChI=1S/C17H17ClN2O2S/c1-12(21)19-15-3-2-4-16(9-15)20-17(22)11-23-10-13-5-7-14(18)8-6-13/h2-9H,10-11H2,1H3,(H,19,21)(H,20,22). The molecule has 23 heavy (non-hydrogen) atoms. The number of benzene rings is 2. The smallest absolute Gasteiger partial charge is 0.234 e. The Morgan fingerprint density at radius 3 is 2.35 bits per heavy atom. The summed E-state index contributed by atoms with van der Waals surface area (Å²) in [6.07, 6.45) is 0. The van der Waals surface area contributed by atoms with Gasteiger partial charge < -0.3 is 10.6 Å².